The summed E-state index contributed by atoms with van der Waals surface area (Å²) < 4.78 is 12.8. The van der Waals surface area contributed by atoms with Crippen LogP contribution >= 0.6 is 0 Å². The summed E-state index contributed by atoms with van der Waals surface area (Å²) in [6, 6.07) is 0. The van der Waals surface area contributed by atoms with Gasteiger partial charge >= 0.3 is 0 Å². The highest BCUT2D eigenvalue weighted by molar-refractivity contribution is 6.05. The molecule has 0 spiro atoms. The Hall–Kier alpha value is -1.12. The molecule has 0 bridgehead atoms. The van der Waals surface area contributed by atoms with Crippen molar-refractivity contribution in [3.05, 3.63) is 23.3 Å². The molecule has 0 fully saturated rings. The molecular weight excluding hydrogens is 157 g/mol. The van der Waals surface area contributed by atoms with Gasteiger partial charge < -0.3 is 5.21 Å². The van der Waals surface area contributed by atoms with E-state index in [1.165, 1.54) is 6.08 Å². The first-order valence-corrected chi connectivity index (χ1v) is 4.07. The van der Waals surface area contributed by atoms with E-state index in [-0.39, 0.29) is 0 Å². The molecule has 2 rings (SSSR count). The molecule has 0 heterocycles. The van der Waals surface area contributed by atoms with Crippen LogP contribution in [0.5, 0.6) is 0 Å². The summed E-state index contributed by atoms with van der Waals surface area (Å²) >= 11 is 0. The minimum atomic E-state index is -0.846. The molecule has 64 valence electrons. The van der Waals surface area contributed by atoms with Crippen LogP contribution in [0.15, 0.2) is 28.5 Å². The van der Waals surface area contributed by atoms with E-state index in [1.54, 1.807) is 6.08 Å². The van der Waals surface area contributed by atoms with E-state index in [0.29, 0.717) is 12.1 Å². The molecule has 0 aliphatic heterocycles. The Balaban J connectivity index is 2.32. The maximum absolute atomic E-state index is 12.8. The zero-order valence-electron chi connectivity index (χ0n) is 6.63. The number of alkyl halides is 1. The number of oxime groups is 1. The van der Waals surface area contributed by atoms with E-state index in [1.807, 2.05) is 0 Å². The Morgan fingerprint density at radius 3 is 3.08 bits per heavy atom. The van der Waals surface area contributed by atoms with Gasteiger partial charge in [0.15, 0.2) is 0 Å². The number of nitrogens with zero attached hydrogens (tertiary/aromatic N) is 1. The van der Waals surface area contributed by atoms with Crippen molar-refractivity contribution in [2.75, 3.05) is 0 Å². The summed E-state index contributed by atoms with van der Waals surface area (Å²) in [5, 5.41) is 11.8. The summed E-state index contributed by atoms with van der Waals surface area (Å²) in [5.74, 6) is 0. The maximum Gasteiger partial charge on any atom is 0.122 e. The van der Waals surface area contributed by atoms with E-state index < -0.39 is 6.17 Å². The van der Waals surface area contributed by atoms with Crippen molar-refractivity contribution in [3.63, 3.8) is 0 Å². The van der Waals surface area contributed by atoms with Gasteiger partial charge in [-0.25, -0.2) is 4.39 Å². The fourth-order valence-corrected chi connectivity index (χ4v) is 1.78. The van der Waals surface area contributed by atoms with E-state index >= 15 is 0 Å². The molecule has 1 N–H and O–H groups in total. The van der Waals surface area contributed by atoms with Crippen molar-refractivity contribution in [3.8, 4) is 0 Å². The van der Waals surface area contributed by atoms with Crippen molar-refractivity contribution in [2.45, 2.75) is 25.4 Å². The van der Waals surface area contributed by atoms with Crippen molar-refractivity contribution in [1.82, 2.24) is 0 Å². The molecule has 0 aromatic carbocycles. The van der Waals surface area contributed by atoms with Crippen LogP contribution in [0.1, 0.15) is 19.3 Å². The monoisotopic (exact) mass is 167 g/mol. The summed E-state index contributed by atoms with van der Waals surface area (Å²) in [6.07, 6.45) is 4.48. The van der Waals surface area contributed by atoms with Crippen molar-refractivity contribution in [2.24, 2.45) is 5.16 Å². The lowest BCUT2D eigenvalue weighted by Gasteiger charge is -2.10. The summed E-state index contributed by atoms with van der Waals surface area (Å²) in [4.78, 5) is 0. The lowest BCUT2D eigenvalue weighted by atomic mass is 9.99. The first-order chi connectivity index (χ1) is 5.81. The van der Waals surface area contributed by atoms with Gasteiger partial charge in [-0.1, -0.05) is 16.8 Å². The molecule has 1 unspecified atom stereocenters. The number of allylic oxidation sites excluding steroid dienone is 4. The highest BCUT2D eigenvalue weighted by atomic mass is 19.1. The van der Waals surface area contributed by atoms with Crippen LogP contribution in [0.4, 0.5) is 4.39 Å². The first-order valence-electron chi connectivity index (χ1n) is 4.07. The predicted octanol–water partition coefficient (Wildman–Crippen LogP) is 2.21. The Kier molecular flexibility index (Phi) is 1.71. The van der Waals surface area contributed by atoms with E-state index in [9.17, 15) is 4.39 Å². The SMILES string of the molecule is O/N=C1\CCC2=C1C=CC(F)C2. The lowest BCUT2D eigenvalue weighted by Crippen LogP contribution is -2.04. The molecule has 12 heavy (non-hydrogen) atoms. The van der Waals surface area contributed by atoms with Crippen LogP contribution in [-0.4, -0.2) is 17.1 Å². The van der Waals surface area contributed by atoms with Gasteiger partial charge in [-0.05, 0) is 24.5 Å². The normalized spacial score (nSPS) is 31.4. The minimum absolute atomic E-state index is 0.477. The van der Waals surface area contributed by atoms with Gasteiger partial charge in [-0.3, -0.25) is 0 Å². The third-order valence-corrected chi connectivity index (χ3v) is 2.39. The quantitative estimate of drug-likeness (QED) is 0.435. The fourth-order valence-electron chi connectivity index (χ4n) is 1.78. The molecule has 0 saturated carbocycles. The van der Waals surface area contributed by atoms with Crippen molar-refractivity contribution in [1.29, 1.82) is 0 Å². The molecule has 2 nitrogen and oxygen atoms in total. The third kappa shape index (κ3) is 1.05. The largest absolute Gasteiger partial charge is 0.411 e. The predicted molar refractivity (Wildman–Crippen MR) is 44.1 cm³/mol. The van der Waals surface area contributed by atoms with Crippen LogP contribution in [0.25, 0.3) is 0 Å². The molecular formula is C9H10FNO. The average Bonchev–Trinajstić information content (AvgIpc) is 2.46. The van der Waals surface area contributed by atoms with Gasteiger partial charge in [0.25, 0.3) is 0 Å². The Morgan fingerprint density at radius 1 is 1.50 bits per heavy atom. The summed E-state index contributed by atoms with van der Waals surface area (Å²) in [6.45, 7) is 0. The standard InChI is InChI=1S/C9H10FNO/c10-7-2-3-8-6(5-7)1-4-9(8)11-12/h2-3,7,12H,1,4-5H2/b11-9+. The molecule has 0 saturated heterocycles. The maximum atomic E-state index is 12.8. The molecule has 1 atom stereocenters. The van der Waals surface area contributed by atoms with Crippen molar-refractivity contribution < 1.29 is 9.60 Å². The zero-order valence-corrected chi connectivity index (χ0v) is 6.63. The number of halogens is 1. The highest BCUT2D eigenvalue weighted by Crippen LogP contribution is 2.32. The van der Waals surface area contributed by atoms with Crippen LogP contribution in [0.2, 0.25) is 0 Å². The average molecular weight is 167 g/mol. The van der Waals surface area contributed by atoms with Crippen LogP contribution in [-0.2, 0) is 0 Å². The van der Waals surface area contributed by atoms with Gasteiger partial charge in [0.2, 0.25) is 0 Å². The number of hydrogen-bond donors (Lipinski definition) is 1. The molecule has 0 aromatic heterocycles. The topological polar surface area (TPSA) is 32.6 Å². The molecule has 0 amide bonds. The van der Waals surface area contributed by atoms with Gasteiger partial charge in [0.05, 0.1) is 5.71 Å². The van der Waals surface area contributed by atoms with Gasteiger partial charge in [-0.15, -0.1) is 0 Å². The molecule has 2 aliphatic rings. The third-order valence-electron chi connectivity index (χ3n) is 2.39. The van der Waals surface area contributed by atoms with E-state index in [0.717, 1.165) is 24.0 Å². The highest BCUT2D eigenvalue weighted by Gasteiger charge is 2.24. The second-order valence-corrected chi connectivity index (χ2v) is 3.14. The Morgan fingerprint density at radius 2 is 2.33 bits per heavy atom. The summed E-state index contributed by atoms with van der Waals surface area (Å²) in [7, 11) is 0. The van der Waals surface area contributed by atoms with E-state index in [4.69, 9.17) is 5.21 Å². The smallest absolute Gasteiger partial charge is 0.122 e. The molecule has 3 heteroatoms. The number of hydrogen-bond acceptors (Lipinski definition) is 2. The van der Waals surface area contributed by atoms with Gasteiger partial charge in [0, 0.05) is 6.42 Å². The first kappa shape index (κ1) is 7.53. The van der Waals surface area contributed by atoms with Crippen molar-refractivity contribution >= 4 is 5.71 Å². The van der Waals surface area contributed by atoms with Gasteiger partial charge in [0.1, 0.15) is 6.17 Å². The summed E-state index contributed by atoms with van der Waals surface area (Å²) in [5.41, 5.74) is 2.75. The molecule has 0 radical (unpaired) electrons. The van der Waals surface area contributed by atoms with Crippen LogP contribution < -0.4 is 0 Å². The molecule has 0 aromatic rings. The molecule has 2 aliphatic carbocycles. The number of rotatable bonds is 0. The van der Waals surface area contributed by atoms with Crippen LogP contribution in [0.3, 0.4) is 0 Å². The second kappa shape index (κ2) is 2.73. The Bertz CT molecular complexity index is 291. The van der Waals surface area contributed by atoms with E-state index in [2.05, 4.69) is 5.16 Å². The van der Waals surface area contributed by atoms with Gasteiger partial charge in [-0.2, -0.15) is 0 Å². The lowest BCUT2D eigenvalue weighted by molar-refractivity contribution is 0.318. The zero-order chi connectivity index (χ0) is 8.55. The van der Waals surface area contributed by atoms with Crippen LogP contribution in [0, 0.1) is 0 Å². The minimum Gasteiger partial charge on any atom is -0.411 e. The second-order valence-electron chi connectivity index (χ2n) is 3.14. The Labute approximate surface area is 70.1 Å². The fraction of sp³-hybridized carbons (Fsp3) is 0.444.